The fourth-order valence-corrected chi connectivity index (χ4v) is 3.52. The summed E-state index contributed by atoms with van der Waals surface area (Å²) in [4.78, 5) is 17.8. The average molecular weight is 403 g/mol. The lowest BCUT2D eigenvalue weighted by molar-refractivity contribution is 1.03. The van der Waals surface area contributed by atoms with Gasteiger partial charge < -0.3 is 5.32 Å². The molecule has 0 bridgehead atoms. The van der Waals surface area contributed by atoms with Crippen LogP contribution in [0, 0.1) is 6.92 Å². The Kier molecular flexibility index (Phi) is 5.07. The smallest absolute Gasteiger partial charge is 0.137 e. The largest absolute Gasteiger partial charge is 0.364 e. The Morgan fingerprint density at radius 3 is 2.19 bits per heavy atom. The molecule has 5 nitrogen and oxygen atoms in total. The molecule has 3 aromatic heterocycles. The van der Waals surface area contributed by atoms with E-state index >= 15 is 0 Å². The highest BCUT2D eigenvalue weighted by Gasteiger charge is 2.07. The molecule has 0 saturated heterocycles. The highest BCUT2D eigenvalue weighted by molar-refractivity contribution is 5.91. The zero-order chi connectivity index (χ0) is 21.0. The Morgan fingerprint density at radius 1 is 0.677 bits per heavy atom. The van der Waals surface area contributed by atoms with Crippen LogP contribution in [0.4, 0.5) is 5.82 Å². The van der Waals surface area contributed by atoms with Gasteiger partial charge in [0.25, 0.3) is 0 Å². The third kappa shape index (κ3) is 4.12. The van der Waals surface area contributed by atoms with Gasteiger partial charge in [0.15, 0.2) is 0 Å². The lowest BCUT2D eigenvalue weighted by Gasteiger charge is -2.10. The Labute approximate surface area is 180 Å². The van der Waals surface area contributed by atoms with E-state index in [1.165, 1.54) is 5.56 Å². The van der Waals surface area contributed by atoms with Crippen molar-refractivity contribution in [2.75, 3.05) is 5.32 Å². The summed E-state index contributed by atoms with van der Waals surface area (Å²) in [5, 5.41) is 4.39. The first-order valence-electron chi connectivity index (χ1n) is 10.2. The van der Waals surface area contributed by atoms with E-state index in [2.05, 4.69) is 67.7 Å². The Hall–Kier alpha value is -4.12. The summed E-state index contributed by atoms with van der Waals surface area (Å²) >= 11 is 0. The number of fused-ring (bicyclic) bond motifs is 1. The number of nitrogens with one attached hydrogen (secondary N) is 1. The van der Waals surface area contributed by atoms with Gasteiger partial charge in [0.05, 0.1) is 17.8 Å². The molecule has 0 aliphatic rings. The minimum absolute atomic E-state index is 0.582. The maximum Gasteiger partial charge on any atom is 0.137 e. The molecule has 1 N–H and O–H groups in total. The van der Waals surface area contributed by atoms with Crippen LogP contribution in [0.25, 0.3) is 33.2 Å². The fourth-order valence-electron chi connectivity index (χ4n) is 3.52. The summed E-state index contributed by atoms with van der Waals surface area (Å²) < 4.78 is 0. The van der Waals surface area contributed by atoms with E-state index in [1.54, 1.807) is 6.33 Å². The number of benzene rings is 2. The summed E-state index contributed by atoms with van der Waals surface area (Å²) in [6.45, 7) is 2.56. The highest BCUT2D eigenvalue weighted by Crippen LogP contribution is 2.26. The number of anilines is 1. The van der Waals surface area contributed by atoms with E-state index in [-0.39, 0.29) is 0 Å². The fraction of sp³-hybridized carbons (Fsp3) is 0.0769. The molecule has 0 atom stereocenters. The van der Waals surface area contributed by atoms with Crippen molar-refractivity contribution in [3.05, 3.63) is 103 Å². The van der Waals surface area contributed by atoms with E-state index < -0.39 is 0 Å². The van der Waals surface area contributed by atoms with E-state index in [1.807, 2.05) is 49.6 Å². The zero-order valence-electron chi connectivity index (χ0n) is 17.2. The maximum absolute atomic E-state index is 4.59. The number of hydrogen-bond acceptors (Lipinski definition) is 5. The predicted octanol–water partition coefficient (Wildman–Crippen LogP) is 5.67. The van der Waals surface area contributed by atoms with Gasteiger partial charge in [0.1, 0.15) is 12.1 Å². The molecule has 0 amide bonds. The van der Waals surface area contributed by atoms with Crippen LogP contribution >= 0.6 is 0 Å². The molecule has 0 radical (unpaired) electrons. The molecule has 3 heterocycles. The molecular weight excluding hydrogens is 382 g/mol. The Bertz CT molecular complexity index is 1310. The van der Waals surface area contributed by atoms with Crippen LogP contribution in [0.15, 0.2) is 91.5 Å². The van der Waals surface area contributed by atoms with Gasteiger partial charge in [-0.25, -0.2) is 9.97 Å². The maximum atomic E-state index is 4.59. The third-order valence-electron chi connectivity index (χ3n) is 5.25. The zero-order valence-corrected chi connectivity index (χ0v) is 17.2. The van der Waals surface area contributed by atoms with Crippen molar-refractivity contribution in [2.45, 2.75) is 13.5 Å². The van der Waals surface area contributed by atoms with Gasteiger partial charge >= 0.3 is 0 Å². The number of pyridine rings is 2. The molecule has 0 unspecified atom stereocenters. The van der Waals surface area contributed by atoms with Gasteiger partial charge in [-0.3, -0.25) is 9.97 Å². The van der Waals surface area contributed by atoms with Crippen molar-refractivity contribution < 1.29 is 0 Å². The van der Waals surface area contributed by atoms with Gasteiger partial charge in [-0.1, -0.05) is 48.5 Å². The van der Waals surface area contributed by atoms with Gasteiger partial charge in [-0.2, -0.15) is 0 Å². The summed E-state index contributed by atoms with van der Waals surface area (Å²) in [6.07, 6.45) is 5.36. The van der Waals surface area contributed by atoms with Crippen LogP contribution in [0.5, 0.6) is 0 Å². The van der Waals surface area contributed by atoms with Gasteiger partial charge in [0, 0.05) is 34.6 Å². The molecule has 0 spiro atoms. The van der Waals surface area contributed by atoms with Crippen LogP contribution < -0.4 is 5.32 Å². The van der Waals surface area contributed by atoms with Gasteiger partial charge in [-0.15, -0.1) is 0 Å². The first kappa shape index (κ1) is 18.9. The van der Waals surface area contributed by atoms with Crippen LogP contribution in [0.2, 0.25) is 0 Å². The molecule has 5 rings (SSSR count). The third-order valence-corrected chi connectivity index (χ3v) is 5.25. The first-order valence-corrected chi connectivity index (χ1v) is 10.2. The topological polar surface area (TPSA) is 63.6 Å². The SMILES string of the molecule is Cc1ccc(-c2ccc(CNc3ncnc4cc(-c5ccccc5)ccc34)nc2)cn1. The van der Waals surface area contributed by atoms with Crippen LogP contribution in [0.3, 0.4) is 0 Å². The van der Waals surface area contributed by atoms with Gasteiger partial charge in [0.2, 0.25) is 0 Å². The molecule has 31 heavy (non-hydrogen) atoms. The molecule has 0 fully saturated rings. The van der Waals surface area contributed by atoms with Crippen molar-refractivity contribution in [3.63, 3.8) is 0 Å². The van der Waals surface area contributed by atoms with E-state index in [0.717, 1.165) is 44.8 Å². The van der Waals surface area contributed by atoms with Gasteiger partial charge in [-0.05, 0) is 42.3 Å². The molecule has 2 aromatic carbocycles. The van der Waals surface area contributed by atoms with Crippen LogP contribution in [-0.2, 0) is 6.54 Å². The van der Waals surface area contributed by atoms with Crippen molar-refractivity contribution in [2.24, 2.45) is 0 Å². The number of rotatable bonds is 5. The second-order valence-electron chi connectivity index (χ2n) is 7.40. The quantitative estimate of drug-likeness (QED) is 0.409. The molecular formula is C26H21N5. The Morgan fingerprint density at radius 2 is 1.45 bits per heavy atom. The lowest BCUT2D eigenvalue weighted by Crippen LogP contribution is -2.04. The molecule has 5 aromatic rings. The molecule has 0 saturated carbocycles. The standard InChI is InChI=1S/C26H21N5/c1-18-7-8-21(14-27-18)22-9-11-23(28-15-22)16-29-26-24-12-10-20(13-25(24)30-17-31-26)19-5-3-2-4-6-19/h2-15,17H,16H2,1H3,(H,29,30,31). The number of aryl methyl sites for hydroxylation is 1. The second kappa shape index (κ2) is 8.32. The van der Waals surface area contributed by atoms with Crippen molar-refractivity contribution in [1.29, 1.82) is 0 Å². The van der Waals surface area contributed by atoms with Crippen LogP contribution in [0.1, 0.15) is 11.4 Å². The predicted molar refractivity (Wildman–Crippen MR) is 125 cm³/mol. The first-order chi connectivity index (χ1) is 15.3. The van der Waals surface area contributed by atoms with E-state index in [9.17, 15) is 0 Å². The molecule has 150 valence electrons. The number of aromatic nitrogens is 4. The van der Waals surface area contributed by atoms with Crippen molar-refractivity contribution in [1.82, 2.24) is 19.9 Å². The molecule has 0 aliphatic heterocycles. The summed E-state index contributed by atoms with van der Waals surface area (Å²) in [6, 6.07) is 24.7. The molecule has 5 heteroatoms. The number of hydrogen-bond donors (Lipinski definition) is 1. The Balaban J connectivity index is 1.34. The minimum Gasteiger partial charge on any atom is -0.364 e. The lowest BCUT2D eigenvalue weighted by atomic mass is 10.0. The van der Waals surface area contributed by atoms with Crippen molar-refractivity contribution >= 4 is 16.7 Å². The van der Waals surface area contributed by atoms with E-state index in [0.29, 0.717) is 6.54 Å². The highest BCUT2D eigenvalue weighted by atomic mass is 15.0. The normalized spacial score (nSPS) is 10.9. The van der Waals surface area contributed by atoms with Crippen LogP contribution in [-0.4, -0.2) is 19.9 Å². The van der Waals surface area contributed by atoms with E-state index in [4.69, 9.17) is 0 Å². The monoisotopic (exact) mass is 403 g/mol. The number of nitrogens with zero attached hydrogens (tertiary/aromatic N) is 4. The average Bonchev–Trinajstić information content (AvgIpc) is 2.84. The second-order valence-corrected chi connectivity index (χ2v) is 7.40. The molecule has 0 aliphatic carbocycles. The summed E-state index contributed by atoms with van der Waals surface area (Å²) in [5.41, 5.74) is 7.29. The van der Waals surface area contributed by atoms with Crippen molar-refractivity contribution in [3.8, 4) is 22.3 Å². The summed E-state index contributed by atoms with van der Waals surface area (Å²) in [7, 11) is 0. The summed E-state index contributed by atoms with van der Waals surface area (Å²) in [5.74, 6) is 0.804. The minimum atomic E-state index is 0.582.